The molecule has 0 aromatic rings. The van der Waals surface area contributed by atoms with Gasteiger partial charge in [0.1, 0.15) is 18.3 Å². The van der Waals surface area contributed by atoms with Gasteiger partial charge in [0.15, 0.2) is 5.44 Å². The van der Waals surface area contributed by atoms with Gasteiger partial charge in [-0.1, -0.05) is 103 Å². The molecule has 0 radical (unpaired) electrons. The van der Waals surface area contributed by atoms with Crippen molar-refractivity contribution >= 4 is 22.8 Å². The summed E-state index contributed by atoms with van der Waals surface area (Å²) < 4.78 is 33.1. The first-order valence-electron chi connectivity index (χ1n) is 12.8. The first-order valence-corrected chi connectivity index (χ1v) is 13.9. The molecule has 3 unspecified atom stereocenters. The van der Waals surface area contributed by atoms with Gasteiger partial charge in [-0.3, -0.25) is 13.8 Å². The van der Waals surface area contributed by atoms with Crippen molar-refractivity contribution in [1.29, 1.82) is 0 Å². The molecule has 6 nitrogen and oxygen atoms in total. The summed E-state index contributed by atoms with van der Waals surface area (Å²) in [4.78, 5) is 22.5. The highest BCUT2D eigenvalue weighted by Gasteiger charge is 2.23. The number of ether oxygens (including phenoxy) is 2. The highest BCUT2D eigenvalue weighted by Crippen LogP contribution is 2.14. The maximum absolute atomic E-state index is 11.5. The molecule has 0 fully saturated rings. The summed E-state index contributed by atoms with van der Waals surface area (Å²) in [7, 11) is 0. The van der Waals surface area contributed by atoms with Gasteiger partial charge >= 0.3 is 5.97 Å². The maximum Gasteiger partial charge on any atom is 0.313 e. The average molecular weight is 476 g/mol. The molecule has 0 bridgehead atoms. The first kappa shape index (κ1) is 31.2. The molecule has 0 aliphatic rings. The molecule has 3 atom stereocenters. The monoisotopic (exact) mass is 475 g/mol. The van der Waals surface area contributed by atoms with Gasteiger partial charge < -0.3 is 14.0 Å². The minimum atomic E-state index is -2.52. The molecule has 0 N–H and O–H groups in total. The largest absolute Gasteiger partial charge is 0.770 e. The summed E-state index contributed by atoms with van der Waals surface area (Å²) in [5.74, 6) is -1.05. The number of carbonyl (C=O) groups excluding carboxylic acids is 2. The molecule has 0 spiro atoms. The zero-order chi connectivity index (χ0) is 24.0. The van der Waals surface area contributed by atoms with Crippen LogP contribution in [0.25, 0.3) is 0 Å². The van der Waals surface area contributed by atoms with Crippen molar-refractivity contribution in [1.82, 2.24) is 0 Å². The molecule has 0 amide bonds. The van der Waals surface area contributed by atoms with Gasteiger partial charge in [0.05, 0.1) is 0 Å². The molecular formula is C25H47O6S-. The number of hydrogen-bond acceptors (Lipinski definition) is 6. The lowest BCUT2D eigenvalue weighted by molar-refractivity contribution is -0.153. The second-order valence-corrected chi connectivity index (χ2v) is 9.86. The highest BCUT2D eigenvalue weighted by molar-refractivity contribution is 7.79. The van der Waals surface area contributed by atoms with Crippen molar-refractivity contribution in [2.75, 3.05) is 6.61 Å². The molecule has 32 heavy (non-hydrogen) atoms. The fourth-order valence-electron chi connectivity index (χ4n) is 3.71. The van der Waals surface area contributed by atoms with Gasteiger partial charge in [-0.15, -0.1) is 0 Å². The predicted octanol–water partition coefficient (Wildman–Crippen LogP) is 6.38. The van der Waals surface area contributed by atoms with Crippen LogP contribution in [0, 0.1) is 0 Å². The predicted molar refractivity (Wildman–Crippen MR) is 129 cm³/mol. The number of hydrogen-bond donors (Lipinski definition) is 0. The minimum Gasteiger partial charge on any atom is -0.770 e. The Bertz CT molecular complexity index is 497. The first-order chi connectivity index (χ1) is 15.4. The molecule has 0 saturated carbocycles. The van der Waals surface area contributed by atoms with Crippen molar-refractivity contribution in [2.45, 2.75) is 141 Å². The lowest BCUT2D eigenvalue weighted by Crippen LogP contribution is -2.35. The van der Waals surface area contributed by atoms with Crippen molar-refractivity contribution in [3.8, 4) is 0 Å². The summed E-state index contributed by atoms with van der Waals surface area (Å²) in [6.07, 6.45) is 19.1. The fraction of sp³-hybridized carbons (Fsp3) is 0.920. The van der Waals surface area contributed by atoms with E-state index in [2.05, 4.69) is 6.92 Å². The number of Topliss-reactive ketones (excluding diaryl/α,β-unsaturated/α-hetero) is 1. The van der Waals surface area contributed by atoms with Gasteiger partial charge in [0, 0.05) is 6.61 Å². The molecule has 0 aliphatic heterocycles. The Morgan fingerprint density at radius 3 is 1.56 bits per heavy atom. The van der Waals surface area contributed by atoms with Crippen LogP contribution < -0.4 is 0 Å². The van der Waals surface area contributed by atoms with Crippen LogP contribution in [0.4, 0.5) is 0 Å². The standard InChI is InChI=1S/C25H48O6S/c1-4-5-6-7-8-9-10-11-12-13-14-15-16-17-18-19-20-30-25(32(28)29)23(3)31-24(27)21-22(2)26/h23,25H,4-21H2,1-3H3,(H,28,29)/p-1. The summed E-state index contributed by atoms with van der Waals surface area (Å²) in [5, 5.41) is 0. The number of ketones is 1. The summed E-state index contributed by atoms with van der Waals surface area (Å²) >= 11 is -2.52. The van der Waals surface area contributed by atoms with Crippen LogP contribution in [0.15, 0.2) is 0 Å². The van der Waals surface area contributed by atoms with E-state index in [4.69, 9.17) is 9.47 Å². The van der Waals surface area contributed by atoms with E-state index in [0.29, 0.717) is 6.61 Å². The molecular weight excluding hydrogens is 428 g/mol. The topological polar surface area (TPSA) is 92.7 Å². The van der Waals surface area contributed by atoms with Crippen LogP contribution in [0.2, 0.25) is 0 Å². The van der Waals surface area contributed by atoms with E-state index in [1.54, 1.807) is 0 Å². The van der Waals surface area contributed by atoms with Crippen molar-refractivity contribution in [2.24, 2.45) is 0 Å². The molecule has 190 valence electrons. The third-order valence-electron chi connectivity index (χ3n) is 5.56. The van der Waals surface area contributed by atoms with Crippen molar-refractivity contribution < 1.29 is 27.8 Å². The van der Waals surface area contributed by atoms with Gasteiger partial charge in [0.2, 0.25) is 0 Å². The Labute approximate surface area is 198 Å². The second-order valence-electron chi connectivity index (χ2n) is 8.88. The Kier molecular flexibility index (Phi) is 21.5. The van der Waals surface area contributed by atoms with E-state index in [1.807, 2.05) is 0 Å². The number of unbranched alkanes of at least 4 members (excludes halogenated alkanes) is 15. The third kappa shape index (κ3) is 19.9. The Morgan fingerprint density at radius 2 is 1.19 bits per heavy atom. The fourth-order valence-corrected chi connectivity index (χ4v) is 4.28. The van der Waals surface area contributed by atoms with E-state index in [-0.39, 0.29) is 12.2 Å². The zero-order valence-corrected chi connectivity index (χ0v) is 21.6. The maximum atomic E-state index is 11.5. The molecule has 0 heterocycles. The Morgan fingerprint density at radius 1 is 0.781 bits per heavy atom. The molecule has 0 aromatic carbocycles. The van der Waals surface area contributed by atoms with E-state index < -0.39 is 28.6 Å². The SMILES string of the molecule is CCCCCCCCCCCCCCCCCCOC(C(C)OC(=O)CC(C)=O)S(=O)[O-]. The summed E-state index contributed by atoms with van der Waals surface area (Å²) in [5.41, 5.74) is -1.21. The normalized spacial score (nSPS) is 14.1. The van der Waals surface area contributed by atoms with Crippen LogP contribution in [0.3, 0.4) is 0 Å². The summed E-state index contributed by atoms with van der Waals surface area (Å²) in [6.45, 7) is 5.31. The quantitative estimate of drug-likeness (QED) is 0.0736. The van der Waals surface area contributed by atoms with E-state index in [1.165, 1.54) is 97.3 Å². The molecule has 0 aromatic heterocycles. The smallest absolute Gasteiger partial charge is 0.313 e. The van der Waals surface area contributed by atoms with Crippen molar-refractivity contribution in [3.63, 3.8) is 0 Å². The highest BCUT2D eigenvalue weighted by atomic mass is 32.2. The lowest BCUT2D eigenvalue weighted by atomic mass is 10.0. The van der Waals surface area contributed by atoms with E-state index in [0.717, 1.165) is 19.3 Å². The Hall–Kier alpha value is -0.790. The zero-order valence-electron chi connectivity index (χ0n) is 20.7. The van der Waals surface area contributed by atoms with Crippen LogP contribution in [-0.2, 0) is 30.1 Å². The lowest BCUT2D eigenvalue weighted by Gasteiger charge is -2.26. The van der Waals surface area contributed by atoms with Crippen LogP contribution in [-0.4, -0.2) is 38.7 Å². The third-order valence-corrected chi connectivity index (χ3v) is 6.46. The minimum absolute atomic E-state index is 0.311. The molecule has 0 aliphatic carbocycles. The van der Waals surface area contributed by atoms with Crippen LogP contribution in [0.5, 0.6) is 0 Å². The molecule has 7 heteroatoms. The number of carbonyl (C=O) groups is 2. The van der Waals surface area contributed by atoms with E-state index in [9.17, 15) is 18.4 Å². The van der Waals surface area contributed by atoms with Crippen LogP contribution >= 0.6 is 0 Å². The van der Waals surface area contributed by atoms with Crippen LogP contribution in [0.1, 0.15) is 130 Å². The van der Waals surface area contributed by atoms with Gasteiger partial charge in [0.25, 0.3) is 0 Å². The van der Waals surface area contributed by atoms with Gasteiger partial charge in [-0.2, -0.15) is 0 Å². The van der Waals surface area contributed by atoms with E-state index >= 15 is 0 Å². The number of esters is 1. The van der Waals surface area contributed by atoms with Crippen molar-refractivity contribution in [3.05, 3.63) is 0 Å². The Balaban J connectivity index is 3.58. The average Bonchev–Trinajstić information content (AvgIpc) is 2.71. The van der Waals surface area contributed by atoms with Gasteiger partial charge in [-0.25, -0.2) is 0 Å². The second kappa shape index (κ2) is 22.0. The number of rotatable bonds is 23. The molecule has 0 saturated heterocycles. The molecule has 0 rings (SSSR count). The van der Waals surface area contributed by atoms with Gasteiger partial charge in [-0.05, 0) is 31.3 Å². The summed E-state index contributed by atoms with van der Waals surface area (Å²) in [6, 6.07) is 0.